The number of nitrogens with one attached hydrogen (secondary N) is 1. The largest absolute Gasteiger partial charge is 0.493 e. The van der Waals surface area contributed by atoms with Crippen LogP contribution in [0.25, 0.3) is 28.0 Å². The molecule has 0 unspecified atom stereocenters. The number of aromatic hydroxyl groups is 1. The first kappa shape index (κ1) is 19.7. The fraction of sp³-hybridized carbons (Fsp3) is 0. The summed E-state index contributed by atoms with van der Waals surface area (Å²) in [7, 11) is 0. The van der Waals surface area contributed by atoms with Crippen LogP contribution in [0.15, 0.2) is 89.1 Å². The number of H-pyrrole nitrogens is 1. The number of para-hydroxylation sites is 1. The molecule has 0 aliphatic rings. The highest BCUT2D eigenvalue weighted by Crippen LogP contribution is 2.36. The number of aromatic amines is 1. The Kier molecular flexibility index (Phi) is 4.97. The minimum Gasteiger partial charge on any atom is -0.493 e. The van der Waals surface area contributed by atoms with E-state index in [0.717, 1.165) is 11.3 Å². The van der Waals surface area contributed by atoms with E-state index in [4.69, 9.17) is 11.6 Å². The van der Waals surface area contributed by atoms with Crippen molar-refractivity contribution < 1.29 is 9.90 Å². The van der Waals surface area contributed by atoms with Crippen LogP contribution in [0.5, 0.6) is 5.88 Å². The molecule has 9 heteroatoms. The van der Waals surface area contributed by atoms with Crippen LogP contribution in [0.4, 0.5) is 5.69 Å². The van der Waals surface area contributed by atoms with Gasteiger partial charge < -0.3 is 10.1 Å². The van der Waals surface area contributed by atoms with Crippen molar-refractivity contribution in [1.82, 2.24) is 19.7 Å². The highest BCUT2D eigenvalue weighted by molar-refractivity contribution is 6.31. The number of carbonyl (C=O) groups excluding carboxylic acids is 1. The Balaban J connectivity index is 1.54. The lowest BCUT2D eigenvalue weighted by atomic mass is 10.2. The number of carbonyl (C=O) groups is 1. The van der Waals surface area contributed by atoms with Crippen LogP contribution >= 0.6 is 11.6 Å². The molecule has 2 N–H and O–H groups in total. The first-order chi connectivity index (χ1) is 15.6. The van der Waals surface area contributed by atoms with Gasteiger partial charge in [0.25, 0.3) is 0 Å². The maximum atomic E-state index is 12.8. The van der Waals surface area contributed by atoms with Gasteiger partial charge in [-0.2, -0.15) is 0 Å². The smallest absolute Gasteiger partial charge is 0.335 e. The van der Waals surface area contributed by atoms with E-state index >= 15 is 0 Å². The van der Waals surface area contributed by atoms with Crippen molar-refractivity contribution >= 4 is 34.1 Å². The van der Waals surface area contributed by atoms with Gasteiger partial charge in [-0.05, 0) is 30.3 Å². The SMILES string of the molecule is O=C(N=Nc1c(O)[nH]c2ccc(Cl)cc12)c1nc(-c2ccccc2)n(-c2ccccc2)n1. The van der Waals surface area contributed by atoms with E-state index in [9.17, 15) is 9.90 Å². The Morgan fingerprint density at radius 3 is 2.47 bits per heavy atom. The first-order valence-electron chi connectivity index (χ1n) is 9.64. The van der Waals surface area contributed by atoms with Gasteiger partial charge in [0.2, 0.25) is 11.7 Å². The average molecular weight is 443 g/mol. The van der Waals surface area contributed by atoms with Crippen molar-refractivity contribution in [2.75, 3.05) is 0 Å². The molecule has 0 atom stereocenters. The molecular formula is C23H15ClN6O2. The second-order valence-corrected chi connectivity index (χ2v) is 7.33. The van der Waals surface area contributed by atoms with E-state index in [2.05, 4.69) is 25.3 Å². The Hall–Kier alpha value is -4.30. The Labute approximate surface area is 186 Å². The van der Waals surface area contributed by atoms with Gasteiger partial charge in [-0.1, -0.05) is 60.1 Å². The molecule has 32 heavy (non-hydrogen) atoms. The lowest BCUT2D eigenvalue weighted by molar-refractivity contribution is 0.0985. The second kappa shape index (κ2) is 8.09. The summed E-state index contributed by atoms with van der Waals surface area (Å²) < 4.78 is 1.58. The zero-order valence-electron chi connectivity index (χ0n) is 16.5. The third-order valence-electron chi connectivity index (χ3n) is 4.79. The van der Waals surface area contributed by atoms with Gasteiger partial charge in [-0.15, -0.1) is 15.3 Å². The summed E-state index contributed by atoms with van der Waals surface area (Å²) in [6, 6.07) is 23.8. The van der Waals surface area contributed by atoms with Crippen LogP contribution in [0.1, 0.15) is 10.6 Å². The van der Waals surface area contributed by atoms with Crippen LogP contribution < -0.4 is 0 Å². The fourth-order valence-electron chi connectivity index (χ4n) is 3.30. The van der Waals surface area contributed by atoms with Crippen molar-refractivity contribution in [3.05, 3.63) is 89.7 Å². The Bertz CT molecular complexity index is 1400. The van der Waals surface area contributed by atoms with Crippen molar-refractivity contribution in [3.8, 4) is 23.0 Å². The summed E-state index contributed by atoms with van der Waals surface area (Å²) in [6.07, 6.45) is 0. The number of nitrogens with zero attached hydrogens (tertiary/aromatic N) is 5. The number of aromatic nitrogens is 4. The Morgan fingerprint density at radius 2 is 1.72 bits per heavy atom. The molecule has 0 fully saturated rings. The quantitative estimate of drug-likeness (QED) is 0.348. The fourth-order valence-corrected chi connectivity index (χ4v) is 3.48. The molecule has 3 aromatic carbocycles. The van der Waals surface area contributed by atoms with Crippen molar-refractivity contribution in [2.45, 2.75) is 0 Å². The molecule has 2 aromatic heterocycles. The number of hydrogen-bond donors (Lipinski definition) is 2. The monoisotopic (exact) mass is 442 g/mol. The number of rotatable bonds is 4. The van der Waals surface area contributed by atoms with Gasteiger partial charge in [-0.3, -0.25) is 4.79 Å². The summed E-state index contributed by atoms with van der Waals surface area (Å²) in [4.78, 5) is 19.9. The molecule has 0 aliphatic carbocycles. The molecule has 0 saturated heterocycles. The standard InChI is InChI=1S/C23H15ClN6O2/c24-15-11-12-18-17(13-15)19(22(31)25-18)27-28-23(32)20-26-21(14-7-3-1-4-8-14)30(29-20)16-9-5-2-6-10-16/h1-13,25,31H. The zero-order valence-corrected chi connectivity index (χ0v) is 17.2. The highest BCUT2D eigenvalue weighted by atomic mass is 35.5. The van der Waals surface area contributed by atoms with Crippen molar-refractivity contribution in [3.63, 3.8) is 0 Å². The number of halogens is 1. The molecular weight excluding hydrogens is 428 g/mol. The molecule has 0 saturated carbocycles. The van der Waals surface area contributed by atoms with Gasteiger partial charge >= 0.3 is 5.91 Å². The molecule has 156 valence electrons. The normalized spacial score (nSPS) is 11.4. The minimum atomic E-state index is -0.743. The van der Waals surface area contributed by atoms with E-state index in [-0.39, 0.29) is 17.4 Å². The lowest BCUT2D eigenvalue weighted by Gasteiger charge is -2.05. The third-order valence-corrected chi connectivity index (χ3v) is 5.02. The molecule has 0 bridgehead atoms. The third kappa shape index (κ3) is 3.63. The molecule has 8 nitrogen and oxygen atoms in total. The molecule has 1 amide bonds. The maximum Gasteiger partial charge on any atom is 0.335 e. The highest BCUT2D eigenvalue weighted by Gasteiger charge is 2.19. The summed E-state index contributed by atoms with van der Waals surface area (Å²) in [5.74, 6) is -0.579. The summed E-state index contributed by atoms with van der Waals surface area (Å²) >= 11 is 6.04. The van der Waals surface area contributed by atoms with Crippen LogP contribution in [-0.4, -0.2) is 30.8 Å². The number of amides is 1. The predicted octanol–water partition coefficient (Wildman–Crippen LogP) is 5.70. The van der Waals surface area contributed by atoms with Crippen LogP contribution in [0.3, 0.4) is 0 Å². The van der Waals surface area contributed by atoms with E-state index in [1.807, 2.05) is 60.7 Å². The van der Waals surface area contributed by atoms with Crippen molar-refractivity contribution in [1.29, 1.82) is 0 Å². The van der Waals surface area contributed by atoms with E-state index in [1.54, 1.807) is 22.9 Å². The number of benzene rings is 3. The van der Waals surface area contributed by atoms with Crippen molar-refractivity contribution in [2.24, 2.45) is 10.2 Å². The molecule has 0 spiro atoms. The predicted molar refractivity (Wildman–Crippen MR) is 121 cm³/mol. The summed E-state index contributed by atoms with van der Waals surface area (Å²) in [6.45, 7) is 0. The molecule has 0 aliphatic heterocycles. The minimum absolute atomic E-state index is 0.113. The average Bonchev–Trinajstić information content (AvgIpc) is 3.40. The zero-order chi connectivity index (χ0) is 22.1. The van der Waals surface area contributed by atoms with Crippen LogP contribution in [0.2, 0.25) is 5.02 Å². The number of fused-ring (bicyclic) bond motifs is 1. The van der Waals surface area contributed by atoms with Crippen LogP contribution in [0, 0.1) is 0 Å². The van der Waals surface area contributed by atoms with Crippen LogP contribution in [-0.2, 0) is 0 Å². The van der Waals surface area contributed by atoms with Gasteiger partial charge in [0.05, 0.1) is 11.2 Å². The molecule has 0 radical (unpaired) electrons. The van der Waals surface area contributed by atoms with Gasteiger partial charge in [-0.25, -0.2) is 9.67 Å². The van der Waals surface area contributed by atoms with Gasteiger partial charge in [0.15, 0.2) is 11.5 Å². The first-order valence-corrected chi connectivity index (χ1v) is 10.0. The van der Waals surface area contributed by atoms with Gasteiger partial charge in [0.1, 0.15) is 0 Å². The summed E-state index contributed by atoms with van der Waals surface area (Å²) in [5.41, 5.74) is 2.27. The molecule has 5 aromatic rings. The second-order valence-electron chi connectivity index (χ2n) is 6.89. The van der Waals surface area contributed by atoms with E-state index < -0.39 is 5.91 Å². The van der Waals surface area contributed by atoms with E-state index in [0.29, 0.717) is 21.7 Å². The number of hydrogen-bond acceptors (Lipinski definition) is 5. The Morgan fingerprint density at radius 1 is 1.00 bits per heavy atom. The molecule has 2 heterocycles. The molecule has 5 rings (SSSR count). The summed E-state index contributed by atoms with van der Waals surface area (Å²) in [5, 5.41) is 23.2. The van der Waals surface area contributed by atoms with E-state index in [1.165, 1.54) is 0 Å². The lowest BCUT2D eigenvalue weighted by Crippen LogP contribution is -2.01. The topological polar surface area (TPSA) is 109 Å². The maximum absolute atomic E-state index is 12.8. The number of azo groups is 1. The van der Waals surface area contributed by atoms with Gasteiger partial charge in [0, 0.05) is 16.0 Å².